The number of aromatic nitrogens is 4. The number of nitrogens with zero attached hydrogens (tertiary/aromatic N) is 5. The maximum Gasteiger partial charge on any atom is 0.409 e. The van der Waals surface area contributed by atoms with Gasteiger partial charge in [0.05, 0.1) is 40.4 Å². The van der Waals surface area contributed by atoms with Crippen LogP contribution in [0.1, 0.15) is 116 Å². The largest absolute Gasteiger partial charge is 0.497 e. The van der Waals surface area contributed by atoms with Crippen LogP contribution in [0.2, 0.25) is 0 Å². The fraction of sp³-hybridized carbons (Fsp3) is 0.477. The maximum absolute atomic E-state index is 16.1. The highest BCUT2D eigenvalue weighted by molar-refractivity contribution is 7.51. The van der Waals surface area contributed by atoms with Crippen LogP contribution >= 0.6 is 7.75 Å². The molecule has 8 rings (SSSR count). The molecule has 2 saturated heterocycles. The lowest BCUT2D eigenvalue weighted by molar-refractivity contribution is -0.308. The van der Waals surface area contributed by atoms with Gasteiger partial charge in [-0.3, -0.25) is 37.6 Å². The van der Waals surface area contributed by atoms with Crippen LogP contribution in [0, 0.1) is 0 Å². The van der Waals surface area contributed by atoms with E-state index < -0.39 is 111 Å². The average Bonchev–Trinajstić information content (AvgIpc) is 1.16. The standard InChI is InChI=1S/C65H81N6O19P/c1-39(2)46-19-25-52(26-20-46)82-36-56(76)69-62-58-63(67-37-66-62)70(38-68-58)57-33-53(54(88-57)35-83-65(47-17-14-13-15-18-47,48-21-27-50(78-11)28-22-48)49-23-29-51(79-12)30-24-49)90-91(77,71(40(3)4)41(5)6)84-32-16-31-80-64-61(87-45(10)75)60(86-44(9)74)59(85-43(8)73)55(89-64)34-81-42(7)72/h13-15,17-30,37-41,53-55,57,59-61,64H,16,31-36H2,1-12H3,(H,66,67,69,76)/t53-,54+,55+,57+,59+,60-,61+,64+,91?/m0/s1. The second-order valence-corrected chi connectivity index (χ2v) is 24.5. The van der Waals surface area contributed by atoms with E-state index >= 15 is 4.57 Å². The van der Waals surface area contributed by atoms with Crippen LogP contribution in [0.25, 0.3) is 11.2 Å². The number of ether oxygens (including phenoxy) is 11. The van der Waals surface area contributed by atoms with E-state index in [4.69, 9.17) is 61.2 Å². The third kappa shape index (κ3) is 17.2. The van der Waals surface area contributed by atoms with E-state index in [0.717, 1.165) is 43.0 Å². The van der Waals surface area contributed by atoms with Crippen molar-refractivity contribution < 1.29 is 89.7 Å². The van der Waals surface area contributed by atoms with Crippen molar-refractivity contribution in [2.75, 3.05) is 52.6 Å². The third-order valence-electron chi connectivity index (χ3n) is 15.0. The molecule has 1 N–H and O–H groups in total. The molecule has 2 fully saturated rings. The van der Waals surface area contributed by atoms with Gasteiger partial charge in [-0.25, -0.2) is 24.2 Å². The van der Waals surface area contributed by atoms with Crippen molar-refractivity contribution >= 4 is 54.5 Å². The van der Waals surface area contributed by atoms with Gasteiger partial charge in [0.2, 0.25) is 0 Å². The lowest BCUT2D eigenvalue weighted by atomic mass is 9.80. The first-order chi connectivity index (χ1) is 43.5. The van der Waals surface area contributed by atoms with Crippen molar-refractivity contribution in [1.82, 2.24) is 24.2 Å². The lowest BCUT2D eigenvalue weighted by Crippen LogP contribution is -2.63. The van der Waals surface area contributed by atoms with Crippen LogP contribution in [-0.2, 0) is 81.1 Å². The smallest absolute Gasteiger partial charge is 0.409 e. The van der Waals surface area contributed by atoms with E-state index in [-0.39, 0.29) is 50.6 Å². The zero-order valence-corrected chi connectivity index (χ0v) is 54.1. The maximum atomic E-state index is 16.1. The normalized spacial score (nSPS) is 20.7. The molecule has 490 valence electrons. The number of hydrogen-bond acceptors (Lipinski definition) is 22. The van der Waals surface area contributed by atoms with Gasteiger partial charge in [-0.15, -0.1) is 0 Å². The number of hydrogen-bond donors (Lipinski definition) is 1. The van der Waals surface area contributed by atoms with Crippen molar-refractivity contribution in [1.29, 1.82) is 0 Å². The first kappa shape index (κ1) is 69.0. The Kier molecular flexibility index (Phi) is 23.8. The minimum atomic E-state index is -4.43. The van der Waals surface area contributed by atoms with Gasteiger partial charge in [-0.2, -0.15) is 0 Å². The highest BCUT2D eigenvalue weighted by atomic mass is 31.2. The topological polar surface area (TPSA) is 281 Å². The Morgan fingerprint density at radius 1 is 0.670 bits per heavy atom. The Labute approximate surface area is 529 Å². The molecule has 4 heterocycles. The molecule has 0 bridgehead atoms. The third-order valence-corrected chi connectivity index (χ3v) is 17.6. The Balaban J connectivity index is 1.12. The summed E-state index contributed by atoms with van der Waals surface area (Å²) in [6.07, 6.45) is -7.10. The van der Waals surface area contributed by atoms with E-state index in [9.17, 15) is 24.0 Å². The summed E-state index contributed by atoms with van der Waals surface area (Å²) in [7, 11) is -1.25. The van der Waals surface area contributed by atoms with Crippen LogP contribution in [-0.4, -0.2) is 156 Å². The summed E-state index contributed by atoms with van der Waals surface area (Å²) in [5.74, 6) is -1.32. The van der Waals surface area contributed by atoms with Crippen molar-refractivity contribution in [3.05, 3.63) is 138 Å². The molecule has 0 radical (unpaired) electrons. The Hall–Kier alpha value is -7.87. The number of carbonyl (C=O) groups excluding carboxylic acids is 5. The second kappa shape index (κ2) is 31.4. The van der Waals surface area contributed by atoms with Crippen LogP contribution in [0.5, 0.6) is 17.2 Å². The van der Waals surface area contributed by atoms with E-state index in [1.54, 1.807) is 23.5 Å². The minimum Gasteiger partial charge on any atom is -0.497 e. The minimum absolute atomic E-state index is 0.0288. The number of amides is 1. The summed E-state index contributed by atoms with van der Waals surface area (Å²) in [5.41, 5.74) is 2.61. The number of rotatable bonds is 30. The number of benzene rings is 4. The molecule has 0 saturated carbocycles. The number of carbonyl (C=O) groups is 5. The summed E-state index contributed by atoms with van der Waals surface area (Å²) in [6.45, 7) is 14.8. The van der Waals surface area contributed by atoms with Crippen LogP contribution in [0.4, 0.5) is 5.82 Å². The van der Waals surface area contributed by atoms with E-state index in [2.05, 4.69) is 34.1 Å². The summed E-state index contributed by atoms with van der Waals surface area (Å²) in [5, 5.41) is 2.82. The van der Waals surface area contributed by atoms with Gasteiger partial charge in [0.15, 0.2) is 48.2 Å². The average molecular weight is 1280 g/mol. The molecular weight excluding hydrogens is 1200 g/mol. The first-order valence-electron chi connectivity index (χ1n) is 30.0. The summed E-state index contributed by atoms with van der Waals surface area (Å²) < 4.78 is 98.7. The van der Waals surface area contributed by atoms with Gasteiger partial charge in [0, 0.05) is 46.2 Å². The van der Waals surface area contributed by atoms with Gasteiger partial charge in [0.25, 0.3) is 5.91 Å². The van der Waals surface area contributed by atoms with Gasteiger partial charge < -0.3 is 57.4 Å². The monoisotopic (exact) mass is 1280 g/mol. The SMILES string of the molecule is COc1ccc(C(OC[C@H]2O[C@@H](n3cnc4c(NC(=O)COc5ccc(C(C)C)cc5)ncnc43)C[C@@H]2OP(=O)(OCCCO[C@@H]2O[C@H](COC(C)=O)[C@@H](OC(C)=O)[C@H](OC(C)=O)[C@H]2OC(C)=O)N(C(C)C)C(C)C)(c2ccccc2)c2ccc(OC)cc2)cc1. The molecule has 26 heteroatoms. The fourth-order valence-corrected chi connectivity index (χ4v) is 13.4. The van der Waals surface area contributed by atoms with Crippen LogP contribution in [0.15, 0.2) is 116 Å². The van der Waals surface area contributed by atoms with Crippen molar-refractivity contribution in [2.45, 2.75) is 155 Å². The molecule has 25 nitrogen and oxygen atoms in total. The molecule has 1 unspecified atom stereocenters. The van der Waals surface area contributed by atoms with Crippen molar-refractivity contribution in [3.8, 4) is 17.2 Å². The van der Waals surface area contributed by atoms with E-state index in [1.165, 1.54) is 19.6 Å². The molecule has 2 aromatic heterocycles. The molecule has 91 heavy (non-hydrogen) atoms. The molecule has 0 aliphatic carbocycles. The predicted molar refractivity (Wildman–Crippen MR) is 330 cm³/mol. The summed E-state index contributed by atoms with van der Waals surface area (Å²) >= 11 is 0. The van der Waals surface area contributed by atoms with Gasteiger partial charge in [-0.05, 0) is 98.7 Å². The Bertz CT molecular complexity index is 3390. The van der Waals surface area contributed by atoms with Gasteiger partial charge in [-0.1, -0.05) is 80.6 Å². The summed E-state index contributed by atoms with van der Waals surface area (Å²) in [4.78, 5) is 76.5. The molecule has 6 aromatic rings. The molecule has 2 aliphatic heterocycles. The summed E-state index contributed by atoms with van der Waals surface area (Å²) in [6, 6.07) is 31.5. The van der Waals surface area contributed by atoms with E-state index in [1.807, 2.05) is 131 Å². The quantitative estimate of drug-likeness (QED) is 0.0144. The van der Waals surface area contributed by atoms with Gasteiger partial charge >= 0.3 is 31.6 Å². The number of imidazole rings is 1. The zero-order valence-electron chi connectivity index (χ0n) is 53.2. The second-order valence-electron chi connectivity index (χ2n) is 22.6. The molecule has 9 atom stereocenters. The number of fused-ring (bicyclic) bond motifs is 1. The van der Waals surface area contributed by atoms with Crippen molar-refractivity contribution in [3.63, 3.8) is 0 Å². The van der Waals surface area contributed by atoms with Gasteiger partial charge in [0.1, 0.15) is 60.3 Å². The number of esters is 4. The number of anilines is 1. The predicted octanol–water partition coefficient (Wildman–Crippen LogP) is 9.40. The molecular formula is C65H81N6O19P. The molecule has 1 amide bonds. The molecule has 0 spiro atoms. The van der Waals surface area contributed by atoms with E-state index in [0.29, 0.717) is 28.8 Å². The molecule has 4 aromatic carbocycles. The Morgan fingerprint density at radius 2 is 1.25 bits per heavy atom. The Morgan fingerprint density at radius 3 is 1.82 bits per heavy atom. The number of nitrogens with one attached hydrogen (secondary N) is 1. The first-order valence-corrected chi connectivity index (χ1v) is 31.5. The number of methoxy groups -OCH3 is 2. The lowest BCUT2D eigenvalue weighted by Gasteiger charge is -2.44. The molecule has 2 aliphatic rings. The van der Waals surface area contributed by atoms with Crippen LogP contribution in [0.3, 0.4) is 0 Å². The van der Waals surface area contributed by atoms with Crippen molar-refractivity contribution in [2.24, 2.45) is 0 Å². The highest BCUT2D eigenvalue weighted by Gasteiger charge is 2.53. The highest BCUT2D eigenvalue weighted by Crippen LogP contribution is 2.58. The fourth-order valence-electron chi connectivity index (χ4n) is 11.1. The zero-order chi connectivity index (χ0) is 65.6. The van der Waals surface area contributed by atoms with Crippen LogP contribution < -0.4 is 19.5 Å².